The number of carbonyl (C=O) groups excluding carboxylic acids is 1. The van der Waals surface area contributed by atoms with Gasteiger partial charge in [-0.05, 0) is 19.9 Å². The fourth-order valence-electron chi connectivity index (χ4n) is 2.08. The average molecular weight is 222 g/mol. The van der Waals surface area contributed by atoms with Crippen LogP contribution in [0.3, 0.4) is 0 Å². The van der Waals surface area contributed by atoms with E-state index in [0.29, 0.717) is 6.54 Å². The van der Waals surface area contributed by atoms with Crippen molar-refractivity contribution in [2.75, 3.05) is 6.54 Å². The Bertz CT molecular complexity index is 374. The van der Waals surface area contributed by atoms with Gasteiger partial charge < -0.3 is 15.2 Å². The van der Waals surface area contributed by atoms with Gasteiger partial charge >= 0.3 is 0 Å². The summed E-state index contributed by atoms with van der Waals surface area (Å²) in [6.45, 7) is 3.49. The molecule has 2 heterocycles. The minimum absolute atomic E-state index is 0.0975. The molecule has 1 fully saturated rings. The number of aromatic nitrogens is 2. The molecule has 1 aliphatic heterocycles. The number of hydrogen-bond acceptors (Lipinski definition) is 3. The van der Waals surface area contributed by atoms with Crippen LogP contribution in [-0.2, 0) is 18.4 Å². The molecular formula is C11H18N4O. The maximum atomic E-state index is 11.9. The Morgan fingerprint density at radius 1 is 1.75 bits per heavy atom. The molecule has 5 nitrogen and oxygen atoms in total. The van der Waals surface area contributed by atoms with Gasteiger partial charge in [0.05, 0.1) is 12.5 Å². The zero-order valence-corrected chi connectivity index (χ0v) is 9.73. The summed E-state index contributed by atoms with van der Waals surface area (Å²) in [5, 5.41) is 6.21. The van der Waals surface area contributed by atoms with E-state index in [1.54, 1.807) is 6.20 Å². The predicted octanol–water partition coefficient (Wildman–Crippen LogP) is 0.0343. The quantitative estimate of drug-likeness (QED) is 0.759. The van der Waals surface area contributed by atoms with Crippen LogP contribution in [0.25, 0.3) is 0 Å². The van der Waals surface area contributed by atoms with Gasteiger partial charge in [-0.2, -0.15) is 0 Å². The smallest absolute Gasteiger partial charge is 0.225 e. The van der Waals surface area contributed by atoms with Gasteiger partial charge in [-0.25, -0.2) is 4.98 Å². The number of carbonyl (C=O) groups is 1. The molecule has 2 atom stereocenters. The lowest BCUT2D eigenvalue weighted by Gasteiger charge is -2.14. The van der Waals surface area contributed by atoms with E-state index in [0.717, 1.165) is 18.8 Å². The summed E-state index contributed by atoms with van der Waals surface area (Å²) in [6, 6.07) is 0.279. The van der Waals surface area contributed by atoms with Crippen molar-refractivity contribution in [1.82, 2.24) is 20.2 Å². The normalized spacial score (nSPS) is 24.6. The van der Waals surface area contributed by atoms with Crippen molar-refractivity contribution < 1.29 is 4.79 Å². The Hall–Kier alpha value is -1.36. The molecule has 0 saturated carbocycles. The van der Waals surface area contributed by atoms with Gasteiger partial charge in [0.2, 0.25) is 5.91 Å². The molecule has 0 bridgehead atoms. The number of rotatable bonds is 3. The highest BCUT2D eigenvalue weighted by atomic mass is 16.1. The van der Waals surface area contributed by atoms with E-state index in [9.17, 15) is 4.79 Å². The second-order valence-electron chi connectivity index (χ2n) is 4.31. The Kier molecular flexibility index (Phi) is 3.24. The second-order valence-corrected chi connectivity index (χ2v) is 4.31. The minimum atomic E-state index is 0.0975. The van der Waals surface area contributed by atoms with Crippen molar-refractivity contribution >= 4 is 5.91 Å². The summed E-state index contributed by atoms with van der Waals surface area (Å²) in [5.74, 6) is 1.10. The molecule has 1 aromatic heterocycles. The van der Waals surface area contributed by atoms with Gasteiger partial charge in [-0.3, -0.25) is 4.79 Å². The maximum absolute atomic E-state index is 11.9. The summed E-state index contributed by atoms with van der Waals surface area (Å²) in [5.41, 5.74) is 0. The highest BCUT2D eigenvalue weighted by Crippen LogP contribution is 2.14. The zero-order chi connectivity index (χ0) is 11.5. The van der Waals surface area contributed by atoms with Gasteiger partial charge in [0.15, 0.2) is 0 Å². The van der Waals surface area contributed by atoms with E-state index in [1.807, 2.05) is 17.8 Å². The Labute approximate surface area is 95.2 Å². The van der Waals surface area contributed by atoms with Crippen molar-refractivity contribution in [3.05, 3.63) is 18.2 Å². The number of aryl methyl sites for hydroxylation is 1. The predicted molar refractivity (Wildman–Crippen MR) is 60.6 cm³/mol. The molecule has 1 amide bonds. The topological polar surface area (TPSA) is 59.0 Å². The van der Waals surface area contributed by atoms with Crippen LogP contribution in [0.4, 0.5) is 0 Å². The molecule has 0 aromatic carbocycles. The lowest BCUT2D eigenvalue weighted by molar-refractivity contribution is -0.125. The lowest BCUT2D eigenvalue weighted by Crippen LogP contribution is -2.36. The summed E-state index contributed by atoms with van der Waals surface area (Å²) < 4.78 is 1.91. The highest BCUT2D eigenvalue weighted by molar-refractivity contribution is 5.79. The number of hydrogen-bond donors (Lipinski definition) is 2. The number of amides is 1. The molecular weight excluding hydrogens is 204 g/mol. The third-order valence-corrected chi connectivity index (χ3v) is 3.20. The highest BCUT2D eigenvalue weighted by Gasteiger charge is 2.29. The van der Waals surface area contributed by atoms with Crippen LogP contribution in [-0.4, -0.2) is 28.0 Å². The van der Waals surface area contributed by atoms with Crippen molar-refractivity contribution in [3.8, 4) is 0 Å². The molecule has 2 rings (SSSR count). The molecule has 16 heavy (non-hydrogen) atoms. The fraction of sp³-hybridized carbons (Fsp3) is 0.636. The van der Waals surface area contributed by atoms with E-state index in [4.69, 9.17) is 0 Å². The third kappa shape index (κ3) is 2.24. The monoisotopic (exact) mass is 222 g/mol. The number of nitrogens with zero attached hydrogens (tertiary/aromatic N) is 2. The van der Waals surface area contributed by atoms with Crippen LogP contribution in [0.1, 0.15) is 19.2 Å². The van der Waals surface area contributed by atoms with Crippen LogP contribution >= 0.6 is 0 Å². The Balaban J connectivity index is 1.86. The summed E-state index contributed by atoms with van der Waals surface area (Å²) in [4.78, 5) is 16.0. The van der Waals surface area contributed by atoms with Crippen LogP contribution in [0.2, 0.25) is 0 Å². The van der Waals surface area contributed by atoms with Crippen LogP contribution in [0, 0.1) is 5.92 Å². The van der Waals surface area contributed by atoms with Crippen LogP contribution < -0.4 is 10.6 Å². The number of imidazole rings is 1. The maximum Gasteiger partial charge on any atom is 0.225 e. The standard InChI is InChI=1S/C11H18N4O/c1-8-9(3-4-12-8)11(16)14-7-10-13-5-6-15(10)2/h5-6,8-9,12H,3-4,7H2,1-2H3,(H,14,16). The molecule has 88 valence electrons. The first-order valence-corrected chi connectivity index (χ1v) is 5.66. The van der Waals surface area contributed by atoms with E-state index in [1.165, 1.54) is 0 Å². The molecule has 1 saturated heterocycles. The van der Waals surface area contributed by atoms with Gasteiger partial charge in [-0.1, -0.05) is 0 Å². The van der Waals surface area contributed by atoms with Gasteiger partial charge in [0.1, 0.15) is 5.82 Å². The SMILES string of the molecule is CC1NCCC1C(=O)NCc1nccn1C. The van der Waals surface area contributed by atoms with E-state index in [-0.39, 0.29) is 17.9 Å². The largest absolute Gasteiger partial charge is 0.349 e. The second kappa shape index (κ2) is 4.65. The molecule has 0 spiro atoms. The van der Waals surface area contributed by atoms with Gasteiger partial charge in [0.25, 0.3) is 0 Å². The average Bonchev–Trinajstić information content (AvgIpc) is 2.84. The molecule has 2 N–H and O–H groups in total. The first kappa shape index (κ1) is 11.1. The summed E-state index contributed by atoms with van der Waals surface area (Å²) >= 11 is 0. The minimum Gasteiger partial charge on any atom is -0.349 e. The van der Waals surface area contributed by atoms with Crippen molar-refractivity contribution in [2.24, 2.45) is 13.0 Å². The molecule has 5 heteroatoms. The van der Waals surface area contributed by atoms with Crippen molar-refractivity contribution in [2.45, 2.75) is 25.9 Å². The zero-order valence-electron chi connectivity index (χ0n) is 9.73. The summed E-state index contributed by atoms with van der Waals surface area (Å²) in [6.07, 6.45) is 4.54. The summed E-state index contributed by atoms with van der Waals surface area (Å²) in [7, 11) is 1.92. The first-order chi connectivity index (χ1) is 7.68. The van der Waals surface area contributed by atoms with Crippen molar-refractivity contribution in [3.63, 3.8) is 0 Å². The molecule has 1 aromatic rings. The Morgan fingerprint density at radius 2 is 2.56 bits per heavy atom. The molecule has 2 unspecified atom stereocenters. The van der Waals surface area contributed by atoms with E-state index in [2.05, 4.69) is 22.5 Å². The van der Waals surface area contributed by atoms with Crippen LogP contribution in [0.15, 0.2) is 12.4 Å². The van der Waals surface area contributed by atoms with Crippen LogP contribution in [0.5, 0.6) is 0 Å². The fourth-order valence-corrected chi connectivity index (χ4v) is 2.08. The van der Waals surface area contributed by atoms with Crippen molar-refractivity contribution in [1.29, 1.82) is 0 Å². The molecule has 0 radical (unpaired) electrons. The number of nitrogens with one attached hydrogen (secondary N) is 2. The van der Waals surface area contributed by atoms with E-state index >= 15 is 0 Å². The molecule has 1 aliphatic rings. The Morgan fingerprint density at radius 3 is 3.12 bits per heavy atom. The first-order valence-electron chi connectivity index (χ1n) is 5.66. The lowest BCUT2D eigenvalue weighted by atomic mass is 10.0. The van der Waals surface area contributed by atoms with Gasteiger partial charge in [0, 0.05) is 25.5 Å². The third-order valence-electron chi connectivity index (χ3n) is 3.20. The molecule has 0 aliphatic carbocycles. The van der Waals surface area contributed by atoms with E-state index < -0.39 is 0 Å². The van der Waals surface area contributed by atoms with Gasteiger partial charge in [-0.15, -0.1) is 0 Å².